The maximum Gasteiger partial charge on any atom is 0.0713 e. The minimum atomic E-state index is 0.526. The smallest absolute Gasteiger partial charge is 0.0713 e. The van der Waals surface area contributed by atoms with E-state index >= 15 is 0 Å². The number of ether oxygens (including phenoxy) is 2. The molecule has 1 aromatic carbocycles. The quantitative estimate of drug-likeness (QED) is 0.844. The molecule has 2 N–H and O–H groups in total. The van der Waals surface area contributed by atoms with Crippen molar-refractivity contribution in [3.05, 3.63) is 35.4 Å². The van der Waals surface area contributed by atoms with Crippen LogP contribution < -0.4 is 10.6 Å². The van der Waals surface area contributed by atoms with Crippen LogP contribution in [0.1, 0.15) is 30.4 Å². The Labute approximate surface area is 133 Å². The van der Waals surface area contributed by atoms with Crippen LogP contribution in [0.25, 0.3) is 0 Å². The molecule has 2 fully saturated rings. The van der Waals surface area contributed by atoms with E-state index in [0.717, 1.165) is 26.3 Å². The molecule has 1 aromatic rings. The maximum absolute atomic E-state index is 5.64. The first-order valence-electron chi connectivity index (χ1n) is 8.48. The molecule has 0 amide bonds. The van der Waals surface area contributed by atoms with Crippen LogP contribution in [0.3, 0.4) is 0 Å². The molecule has 1 aliphatic carbocycles. The van der Waals surface area contributed by atoms with E-state index in [1.165, 1.54) is 30.4 Å². The third-order valence-electron chi connectivity index (χ3n) is 4.94. The highest BCUT2D eigenvalue weighted by atomic mass is 16.5. The Balaban J connectivity index is 1.51. The van der Waals surface area contributed by atoms with Gasteiger partial charge in [-0.3, -0.25) is 0 Å². The Kier molecular flexibility index (Phi) is 5.84. The van der Waals surface area contributed by atoms with Crippen molar-refractivity contribution in [1.29, 1.82) is 0 Å². The van der Waals surface area contributed by atoms with Gasteiger partial charge in [0.05, 0.1) is 19.8 Å². The molecule has 122 valence electrons. The first-order valence-corrected chi connectivity index (χ1v) is 8.48. The summed E-state index contributed by atoms with van der Waals surface area (Å²) in [4.78, 5) is 0. The van der Waals surface area contributed by atoms with Gasteiger partial charge in [0.2, 0.25) is 0 Å². The third-order valence-corrected chi connectivity index (χ3v) is 4.94. The lowest BCUT2D eigenvalue weighted by Gasteiger charge is -2.33. The van der Waals surface area contributed by atoms with Gasteiger partial charge in [-0.25, -0.2) is 0 Å². The number of benzene rings is 1. The van der Waals surface area contributed by atoms with Crippen molar-refractivity contribution in [2.75, 3.05) is 26.9 Å². The predicted molar refractivity (Wildman–Crippen MR) is 87.7 cm³/mol. The number of nitrogens with one attached hydrogen (secondary N) is 2. The zero-order valence-electron chi connectivity index (χ0n) is 13.5. The number of hydrogen-bond acceptors (Lipinski definition) is 4. The van der Waals surface area contributed by atoms with Gasteiger partial charge in [0, 0.05) is 32.3 Å². The Morgan fingerprint density at radius 1 is 1.23 bits per heavy atom. The predicted octanol–water partition coefficient (Wildman–Crippen LogP) is 2.08. The molecular weight excluding hydrogens is 276 g/mol. The monoisotopic (exact) mass is 304 g/mol. The molecule has 22 heavy (non-hydrogen) atoms. The van der Waals surface area contributed by atoms with Crippen molar-refractivity contribution in [3.8, 4) is 0 Å². The lowest BCUT2D eigenvalue weighted by Crippen LogP contribution is -2.50. The lowest BCUT2D eigenvalue weighted by atomic mass is 9.94. The second-order valence-corrected chi connectivity index (χ2v) is 6.47. The number of methoxy groups -OCH3 is 1. The molecule has 1 saturated heterocycles. The number of hydrogen-bond donors (Lipinski definition) is 2. The van der Waals surface area contributed by atoms with Gasteiger partial charge in [-0.15, -0.1) is 0 Å². The first-order chi connectivity index (χ1) is 10.9. The summed E-state index contributed by atoms with van der Waals surface area (Å²) in [6.07, 6.45) is 3.92. The summed E-state index contributed by atoms with van der Waals surface area (Å²) in [7, 11) is 1.73. The summed E-state index contributed by atoms with van der Waals surface area (Å²) in [5.41, 5.74) is 2.58. The highest BCUT2D eigenvalue weighted by Crippen LogP contribution is 2.29. The first kappa shape index (κ1) is 15.9. The van der Waals surface area contributed by atoms with E-state index in [9.17, 15) is 0 Å². The average Bonchev–Trinajstić information content (AvgIpc) is 3.04. The maximum atomic E-state index is 5.64. The summed E-state index contributed by atoms with van der Waals surface area (Å²) < 4.78 is 10.8. The molecule has 4 heteroatoms. The van der Waals surface area contributed by atoms with Crippen LogP contribution in [0.4, 0.5) is 0 Å². The van der Waals surface area contributed by atoms with Crippen LogP contribution in [0, 0.1) is 5.92 Å². The molecule has 0 radical (unpaired) electrons. The summed E-state index contributed by atoms with van der Waals surface area (Å²) in [5.74, 6) is 0.702. The molecule has 3 rings (SSSR count). The van der Waals surface area contributed by atoms with Crippen LogP contribution in [-0.2, 0) is 22.6 Å². The van der Waals surface area contributed by atoms with Crippen molar-refractivity contribution in [2.45, 2.75) is 44.5 Å². The van der Waals surface area contributed by atoms with E-state index in [0.29, 0.717) is 24.6 Å². The summed E-state index contributed by atoms with van der Waals surface area (Å²) >= 11 is 0. The fraction of sp³-hybridized carbons (Fsp3) is 0.667. The Hall–Kier alpha value is -0.940. The van der Waals surface area contributed by atoms with Crippen LogP contribution >= 0.6 is 0 Å². The van der Waals surface area contributed by atoms with E-state index < -0.39 is 0 Å². The molecule has 4 nitrogen and oxygen atoms in total. The van der Waals surface area contributed by atoms with Gasteiger partial charge in [-0.2, -0.15) is 0 Å². The second-order valence-electron chi connectivity index (χ2n) is 6.47. The summed E-state index contributed by atoms with van der Waals surface area (Å²) in [6.45, 7) is 4.35. The van der Waals surface area contributed by atoms with E-state index in [1.54, 1.807) is 7.11 Å². The minimum Gasteiger partial charge on any atom is -0.380 e. The molecule has 1 aliphatic heterocycles. The highest BCUT2D eigenvalue weighted by Gasteiger charge is 2.34. The Morgan fingerprint density at radius 3 is 2.77 bits per heavy atom. The lowest BCUT2D eigenvalue weighted by molar-refractivity contribution is 0.0524. The van der Waals surface area contributed by atoms with Crippen molar-refractivity contribution < 1.29 is 9.47 Å². The molecule has 3 unspecified atom stereocenters. The zero-order chi connectivity index (χ0) is 15.2. The number of rotatable bonds is 6. The van der Waals surface area contributed by atoms with Crippen molar-refractivity contribution in [2.24, 2.45) is 5.92 Å². The summed E-state index contributed by atoms with van der Waals surface area (Å²) in [6, 6.07) is 9.85. The standard InChI is InChI=1S/C18H28N2O2/c1-21-12-15-7-5-14(6-8-15)11-20-17-4-2-3-16(17)18-13-22-10-9-19-18/h5-8,16-20H,2-4,9-13H2,1H3. The molecule has 1 heterocycles. The largest absolute Gasteiger partial charge is 0.380 e. The molecule has 1 saturated carbocycles. The zero-order valence-corrected chi connectivity index (χ0v) is 13.5. The fourth-order valence-electron chi connectivity index (χ4n) is 3.75. The van der Waals surface area contributed by atoms with Crippen LogP contribution in [0.2, 0.25) is 0 Å². The van der Waals surface area contributed by atoms with Gasteiger partial charge in [0.25, 0.3) is 0 Å². The minimum absolute atomic E-state index is 0.526. The molecule has 0 spiro atoms. The van der Waals surface area contributed by atoms with Gasteiger partial charge in [-0.05, 0) is 29.9 Å². The van der Waals surface area contributed by atoms with Gasteiger partial charge < -0.3 is 20.1 Å². The van der Waals surface area contributed by atoms with Gasteiger partial charge in [0.1, 0.15) is 0 Å². The average molecular weight is 304 g/mol. The van der Waals surface area contributed by atoms with Crippen LogP contribution in [0.5, 0.6) is 0 Å². The molecule has 0 bridgehead atoms. The Morgan fingerprint density at radius 2 is 2.05 bits per heavy atom. The van der Waals surface area contributed by atoms with Gasteiger partial charge in [0.15, 0.2) is 0 Å². The molecule has 2 aliphatic rings. The van der Waals surface area contributed by atoms with E-state index in [-0.39, 0.29) is 0 Å². The highest BCUT2D eigenvalue weighted by molar-refractivity contribution is 5.22. The normalized spacial score (nSPS) is 28.9. The molecule has 3 atom stereocenters. The summed E-state index contributed by atoms with van der Waals surface area (Å²) in [5, 5.41) is 7.40. The van der Waals surface area contributed by atoms with E-state index in [2.05, 4.69) is 34.9 Å². The Bertz CT molecular complexity index is 443. The SMILES string of the molecule is COCc1ccc(CNC2CCCC2C2COCCN2)cc1. The molecule has 0 aromatic heterocycles. The van der Waals surface area contributed by atoms with Crippen LogP contribution in [0.15, 0.2) is 24.3 Å². The van der Waals surface area contributed by atoms with E-state index in [4.69, 9.17) is 9.47 Å². The fourth-order valence-corrected chi connectivity index (χ4v) is 3.75. The van der Waals surface area contributed by atoms with E-state index in [1.807, 2.05) is 0 Å². The van der Waals surface area contributed by atoms with Crippen molar-refractivity contribution in [3.63, 3.8) is 0 Å². The topological polar surface area (TPSA) is 42.5 Å². The number of morpholine rings is 1. The third kappa shape index (κ3) is 4.07. The van der Waals surface area contributed by atoms with Gasteiger partial charge >= 0.3 is 0 Å². The van der Waals surface area contributed by atoms with Gasteiger partial charge in [-0.1, -0.05) is 30.7 Å². The van der Waals surface area contributed by atoms with Crippen molar-refractivity contribution in [1.82, 2.24) is 10.6 Å². The second kappa shape index (κ2) is 8.06. The molecular formula is C18H28N2O2. The van der Waals surface area contributed by atoms with Crippen molar-refractivity contribution >= 4 is 0 Å². The van der Waals surface area contributed by atoms with Crippen LogP contribution in [-0.4, -0.2) is 39.0 Å².